The summed E-state index contributed by atoms with van der Waals surface area (Å²) in [6, 6.07) is 13.7. The summed E-state index contributed by atoms with van der Waals surface area (Å²) in [6.07, 6.45) is 2.09. The van der Waals surface area contributed by atoms with Gasteiger partial charge in [0.15, 0.2) is 5.16 Å². The van der Waals surface area contributed by atoms with Gasteiger partial charge in [-0.15, -0.1) is 0 Å². The smallest absolute Gasteiger partial charge is 0.266 e. The lowest BCUT2D eigenvalue weighted by molar-refractivity contribution is -0.120. The van der Waals surface area contributed by atoms with E-state index >= 15 is 0 Å². The number of aryl methyl sites for hydroxylation is 2. The van der Waals surface area contributed by atoms with Crippen LogP contribution in [0.15, 0.2) is 52.4 Å². The number of rotatable bonds is 5. The Hall–Kier alpha value is -2.60. The summed E-state index contributed by atoms with van der Waals surface area (Å²) in [6.45, 7) is 5.87. The number of thioether (sulfide) groups is 1. The molecule has 28 heavy (non-hydrogen) atoms. The van der Waals surface area contributed by atoms with E-state index in [4.69, 9.17) is 4.98 Å². The molecule has 1 aromatic heterocycles. The summed E-state index contributed by atoms with van der Waals surface area (Å²) >= 11 is 1.32. The van der Waals surface area contributed by atoms with Crippen molar-refractivity contribution in [3.63, 3.8) is 0 Å². The molecule has 3 aromatic rings. The van der Waals surface area contributed by atoms with Gasteiger partial charge in [-0.2, -0.15) is 0 Å². The number of nitrogens with zero attached hydrogens (tertiary/aromatic N) is 2. The number of hydrogen-bond donors (Lipinski definition) is 1. The van der Waals surface area contributed by atoms with Crippen molar-refractivity contribution < 1.29 is 4.79 Å². The molecule has 1 aliphatic rings. The lowest BCUT2D eigenvalue weighted by atomic mass is 10.1. The molecule has 4 rings (SSSR count). The number of amides is 1. The van der Waals surface area contributed by atoms with Crippen LogP contribution in [0, 0.1) is 13.8 Å². The van der Waals surface area contributed by atoms with Crippen LogP contribution in [0.2, 0.25) is 0 Å². The maximum Gasteiger partial charge on any atom is 0.266 e. The van der Waals surface area contributed by atoms with Crippen LogP contribution in [-0.4, -0.2) is 26.8 Å². The summed E-state index contributed by atoms with van der Waals surface area (Å²) in [7, 11) is 0. The largest absolute Gasteiger partial charge is 0.352 e. The Kier molecular flexibility index (Phi) is 4.98. The van der Waals surface area contributed by atoms with Gasteiger partial charge in [-0.25, -0.2) is 4.98 Å². The van der Waals surface area contributed by atoms with E-state index in [1.807, 2.05) is 51.1 Å². The molecule has 6 heteroatoms. The summed E-state index contributed by atoms with van der Waals surface area (Å²) in [5.41, 5.74) is 3.45. The molecule has 0 aliphatic heterocycles. The normalized spacial score (nSPS) is 14.8. The summed E-state index contributed by atoms with van der Waals surface area (Å²) < 4.78 is 1.63. The first-order chi connectivity index (χ1) is 13.4. The van der Waals surface area contributed by atoms with Gasteiger partial charge in [0.25, 0.3) is 5.56 Å². The average Bonchev–Trinajstić information content (AvgIpc) is 3.45. The molecule has 0 radical (unpaired) electrons. The molecule has 1 heterocycles. The minimum atomic E-state index is -0.342. The molecule has 144 valence electrons. The van der Waals surface area contributed by atoms with E-state index in [9.17, 15) is 9.59 Å². The molecule has 1 saturated carbocycles. The number of benzene rings is 2. The second-order valence-corrected chi connectivity index (χ2v) is 8.75. The highest BCUT2D eigenvalue weighted by Crippen LogP contribution is 2.27. The van der Waals surface area contributed by atoms with Gasteiger partial charge >= 0.3 is 0 Å². The Labute approximate surface area is 168 Å². The van der Waals surface area contributed by atoms with Crippen LogP contribution in [0.4, 0.5) is 0 Å². The molecule has 0 spiro atoms. The van der Waals surface area contributed by atoms with Crippen LogP contribution >= 0.6 is 11.8 Å². The van der Waals surface area contributed by atoms with Crippen molar-refractivity contribution in [3.05, 3.63) is 63.9 Å². The van der Waals surface area contributed by atoms with E-state index in [1.54, 1.807) is 10.6 Å². The zero-order valence-corrected chi connectivity index (χ0v) is 17.0. The van der Waals surface area contributed by atoms with Gasteiger partial charge in [0.05, 0.1) is 21.8 Å². The molecule has 0 saturated heterocycles. The lowest BCUT2D eigenvalue weighted by Crippen LogP contribution is -2.33. The molecule has 0 bridgehead atoms. The fourth-order valence-corrected chi connectivity index (χ4v) is 4.19. The van der Waals surface area contributed by atoms with E-state index in [2.05, 4.69) is 11.4 Å². The maximum atomic E-state index is 13.3. The van der Waals surface area contributed by atoms with Gasteiger partial charge in [-0.3, -0.25) is 14.2 Å². The molecule has 1 N–H and O–H groups in total. The quantitative estimate of drug-likeness (QED) is 0.529. The van der Waals surface area contributed by atoms with Crippen molar-refractivity contribution in [3.8, 4) is 5.69 Å². The van der Waals surface area contributed by atoms with Gasteiger partial charge in [0.1, 0.15) is 0 Å². The lowest BCUT2D eigenvalue weighted by Gasteiger charge is -2.17. The van der Waals surface area contributed by atoms with E-state index in [-0.39, 0.29) is 16.7 Å². The number of carbonyl (C=O) groups excluding carboxylic acids is 1. The number of carbonyl (C=O) groups is 1. The number of aromatic nitrogens is 2. The summed E-state index contributed by atoms with van der Waals surface area (Å²) in [5.74, 6) is -0.0121. The summed E-state index contributed by atoms with van der Waals surface area (Å²) in [4.78, 5) is 30.5. The topological polar surface area (TPSA) is 64.0 Å². The minimum absolute atomic E-state index is 0.0121. The second kappa shape index (κ2) is 7.43. The second-order valence-electron chi connectivity index (χ2n) is 7.44. The van der Waals surface area contributed by atoms with E-state index in [1.165, 1.54) is 11.8 Å². The third-order valence-electron chi connectivity index (χ3n) is 4.78. The average molecular weight is 394 g/mol. The predicted octanol–water partition coefficient (Wildman–Crippen LogP) is 3.76. The first-order valence-electron chi connectivity index (χ1n) is 9.50. The monoisotopic (exact) mass is 393 g/mol. The fourth-order valence-electron chi connectivity index (χ4n) is 3.26. The minimum Gasteiger partial charge on any atom is -0.352 e. The van der Waals surface area contributed by atoms with E-state index in [0.717, 1.165) is 29.7 Å². The highest BCUT2D eigenvalue weighted by atomic mass is 32.2. The van der Waals surface area contributed by atoms with Crippen molar-refractivity contribution in [2.75, 3.05) is 0 Å². The Morgan fingerprint density at radius 2 is 1.86 bits per heavy atom. The number of fused-ring (bicyclic) bond motifs is 1. The molecule has 2 aromatic carbocycles. The van der Waals surface area contributed by atoms with Crippen molar-refractivity contribution in [2.45, 2.75) is 50.1 Å². The molecule has 1 amide bonds. The third-order valence-corrected chi connectivity index (χ3v) is 5.84. The Morgan fingerprint density at radius 1 is 1.18 bits per heavy atom. The van der Waals surface area contributed by atoms with E-state index in [0.29, 0.717) is 22.1 Å². The van der Waals surface area contributed by atoms with Gasteiger partial charge in [0.2, 0.25) is 5.91 Å². The van der Waals surface area contributed by atoms with Crippen molar-refractivity contribution >= 4 is 28.6 Å². The predicted molar refractivity (Wildman–Crippen MR) is 113 cm³/mol. The number of para-hydroxylation sites is 1. The SMILES string of the molecule is Cc1cc(C)cc(-n2c(SC(C)C(=O)NC3CC3)nc3ccccc3c2=O)c1. The highest BCUT2D eigenvalue weighted by Gasteiger charge is 2.27. The van der Waals surface area contributed by atoms with Gasteiger partial charge < -0.3 is 5.32 Å². The highest BCUT2D eigenvalue weighted by molar-refractivity contribution is 8.00. The van der Waals surface area contributed by atoms with Gasteiger partial charge in [-0.1, -0.05) is 30.0 Å². The Morgan fingerprint density at radius 3 is 2.54 bits per heavy atom. The summed E-state index contributed by atoms with van der Waals surface area (Å²) in [5, 5.41) is 3.79. The van der Waals surface area contributed by atoms with Crippen LogP contribution in [0.3, 0.4) is 0 Å². The van der Waals surface area contributed by atoms with Crippen molar-refractivity contribution in [1.82, 2.24) is 14.9 Å². The Balaban J connectivity index is 1.83. The molecule has 5 nitrogen and oxygen atoms in total. The molecule has 1 aliphatic carbocycles. The first-order valence-corrected chi connectivity index (χ1v) is 10.4. The van der Waals surface area contributed by atoms with Crippen molar-refractivity contribution in [2.24, 2.45) is 0 Å². The molecule has 1 atom stereocenters. The standard InChI is InChI=1S/C22H23N3O2S/c1-13-10-14(2)12-17(11-13)25-21(27)18-6-4-5-7-19(18)24-22(25)28-15(3)20(26)23-16-8-9-16/h4-7,10-12,15-16H,8-9H2,1-3H3,(H,23,26). The van der Waals surface area contributed by atoms with Gasteiger partial charge in [0, 0.05) is 6.04 Å². The third kappa shape index (κ3) is 3.83. The fraction of sp³-hybridized carbons (Fsp3) is 0.318. The Bertz CT molecular complexity index is 1100. The molecular formula is C22H23N3O2S. The van der Waals surface area contributed by atoms with Gasteiger partial charge in [-0.05, 0) is 69.0 Å². The van der Waals surface area contributed by atoms with Crippen LogP contribution in [0.25, 0.3) is 16.6 Å². The zero-order chi connectivity index (χ0) is 19.8. The zero-order valence-electron chi connectivity index (χ0n) is 16.2. The van der Waals surface area contributed by atoms with Crippen LogP contribution < -0.4 is 10.9 Å². The van der Waals surface area contributed by atoms with E-state index < -0.39 is 0 Å². The number of nitrogens with one attached hydrogen (secondary N) is 1. The maximum absolute atomic E-state index is 13.3. The van der Waals surface area contributed by atoms with Crippen LogP contribution in [-0.2, 0) is 4.79 Å². The van der Waals surface area contributed by atoms with Crippen molar-refractivity contribution in [1.29, 1.82) is 0 Å². The van der Waals surface area contributed by atoms with Crippen LogP contribution in [0.5, 0.6) is 0 Å². The molecular weight excluding hydrogens is 370 g/mol. The number of hydrogen-bond acceptors (Lipinski definition) is 4. The first kappa shape index (κ1) is 18.7. The van der Waals surface area contributed by atoms with Crippen LogP contribution in [0.1, 0.15) is 30.9 Å². The molecule has 1 unspecified atom stereocenters. The molecule has 1 fully saturated rings.